The summed E-state index contributed by atoms with van der Waals surface area (Å²) in [6.45, 7) is 0.277. The van der Waals surface area contributed by atoms with Gasteiger partial charge in [-0.05, 0) is 6.07 Å². The third-order valence-corrected chi connectivity index (χ3v) is 2.37. The molecule has 0 spiro atoms. The highest BCUT2D eigenvalue weighted by Crippen LogP contribution is 2.20. The molecule has 0 unspecified atom stereocenters. The highest BCUT2D eigenvalue weighted by Gasteiger charge is 2.06. The van der Waals surface area contributed by atoms with Crippen molar-refractivity contribution in [3.63, 3.8) is 0 Å². The van der Waals surface area contributed by atoms with Gasteiger partial charge in [-0.2, -0.15) is 5.26 Å². The van der Waals surface area contributed by atoms with E-state index >= 15 is 0 Å². The Kier molecular flexibility index (Phi) is 3.82. The van der Waals surface area contributed by atoms with E-state index in [0.717, 1.165) is 5.56 Å². The van der Waals surface area contributed by atoms with Crippen molar-refractivity contribution in [1.29, 1.82) is 5.26 Å². The van der Waals surface area contributed by atoms with Crippen LogP contribution in [0.5, 0.6) is 0 Å². The summed E-state index contributed by atoms with van der Waals surface area (Å²) in [5, 5.41) is 9.16. The third-order valence-electron chi connectivity index (χ3n) is 2.18. The second-order valence-corrected chi connectivity index (χ2v) is 3.89. The molecule has 2 rings (SSSR count). The highest BCUT2D eigenvalue weighted by atomic mass is 35.5. The van der Waals surface area contributed by atoms with Crippen LogP contribution in [-0.2, 0) is 11.3 Å². The fourth-order valence-corrected chi connectivity index (χ4v) is 1.65. The molecule has 0 N–H and O–H groups in total. The zero-order valence-corrected chi connectivity index (χ0v) is 10.3. The van der Waals surface area contributed by atoms with Gasteiger partial charge in [0.25, 0.3) is 0 Å². The van der Waals surface area contributed by atoms with Crippen LogP contribution >= 0.6 is 11.6 Å². The summed E-state index contributed by atoms with van der Waals surface area (Å²) >= 11 is 5.92. The molecular weight excluding hydrogens is 252 g/mol. The lowest BCUT2D eigenvalue weighted by molar-refractivity contribution is 0.178. The van der Waals surface area contributed by atoms with Crippen LogP contribution in [0.2, 0.25) is 5.15 Å². The van der Waals surface area contributed by atoms with Gasteiger partial charge in [0.05, 0.1) is 11.3 Å². The summed E-state index contributed by atoms with van der Waals surface area (Å²) in [5.74, 6) is 0.488. The van der Waals surface area contributed by atoms with Crippen LogP contribution in [0.25, 0.3) is 11.3 Å². The highest BCUT2D eigenvalue weighted by molar-refractivity contribution is 6.29. The third kappa shape index (κ3) is 2.80. The molecule has 0 fully saturated rings. The molecule has 90 valence electrons. The first-order valence-corrected chi connectivity index (χ1v) is 5.48. The number of hydrogen-bond acceptors (Lipinski definition) is 5. The molecule has 0 aliphatic rings. The van der Waals surface area contributed by atoms with Gasteiger partial charge in [-0.1, -0.05) is 11.6 Å². The average Bonchev–Trinajstić information content (AvgIpc) is 2.38. The molecule has 0 aliphatic heterocycles. The molecule has 6 heteroatoms. The van der Waals surface area contributed by atoms with Gasteiger partial charge in [-0.25, -0.2) is 9.97 Å². The van der Waals surface area contributed by atoms with Gasteiger partial charge >= 0.3 is 0 Å². The molecule has 0 atom stereocenters. The summed E-state index contributed by atoms with van der Waals surface area (Å²) in [4.78, 5) is 12.3. The minimum absolute atomic E-state index is 0.277. The Balaban J connectivity index is 2.46. The van der Waals surface area contributed by atoms with Crippen molar-refractivity contribution in [3.8, 4) is 17.3 Å². The predicted octanol–water partition coefficient (Wildman–Crippen LogP) is 2.21. The van der Waals surface area contributed by atoms with Crippen LogP contribution in [0.15, 0.2) is 24.5 Å². The SMILES string of the molecule is COCc1nc(Cl)cc(-c2cncc(C#N)c2)n1. The number of rotatable bonds is 3. The molecule has 0 saturated heterocycles. The monoisotopic (exact) mass is 260 g/mol. The Hall–Kier alpha value is -2.03. The Morgan fingerprint density at radius 3 is 2.89 bits per heavy atom. The molecule has 0 bridgehead atoms. The summed E-state index contributed by atoms with van der Waals surface area (Å²) in [6.07, 6.45) is 3.11. The van der Waals surface area contributed by atoms with Gasteiger partial charge < -0.3 is 4.74 Å². The lowest BCUT2D eigenvalue weighted by atomic mass is 10.1. The zero-order valence-electron chi connectivity index (χ0n) is 9.59. The topological polar surface area (TPSA) is 71.7 Å². The van der Waals surface area contributed by atoms with Gasteiger partial charge in [0.2, 0.25) is 0 Å². The van der Waals surface area contributed by atoms with Crippen LogP contribution in [0.3, 0.4) is 0 Å². The Bertz CT molecular complexity index is 609. The first kappa shape index (κ1) is 12.4. The fraction of sp³-hybridized carbons (Fsp3) is 0.167. The van der Waals surface area contributed by atoms with Crippen molar-refractivity contribution in [1.82, 2.24) is 15.0 Å². The van der Waals surface area contributed by atoms with Crippen LogP contribution in [0, 0.1) is 11.3 Å². The van der Waals surface area contributed by atoms with Crippen molar-refractivity contribution in [2.75, 3.05) is 7.11 Å². The molecule has 0 amide bonds. The van der Waals surface area contributed by atoms with E-state index in [2.05, 4.69) is 15.0 Å². The number of hydrogen-bond donors (Lipinski definition) is 0. The van der Waals surface area contributed by atoms with E-state index in [4.69, 9.17) is 21.6 Å². The number of nitriles is 1. The van der Waals surface area contributed by atoms with Crippen molar-refractivity contribution < 1.29 is 4.74 Å². The fourth-order valence-electron chi connectivity index (χ4n) is 1.45. The Morgan fingerprint density at radius 1 is 1.33 bits per heavy atom. The molecule has 18 heavy (non-hydrogen) atoms. The number of aromatic nitrogens is 3. The van der Waals surface area contributed by atoms with Crippen LogP contribution in [-0.4, -0.2) is 22.1 Å². The molecule has 2 aromatic rings. The van der Waals surface area contributed by atoms with Gasteiger partial charge in [-0.15, -0.1) is 0 Å². The maximum absolute atomic E-state index is 8.83. The van der Waals surface area contributed by atoms with Crippen molar-refractivity contribution in [2.45, 2.75) is 6.61 Å². The first-order valence-electron chi connectivity index (χ1n) is 5.11. The number of pyridine rings is 1. The van der Waals surface area contributed by atoms with Gasteiger partial charge in [0.15, 0.2) is 5.82 Å². The van der Waals surface area contributed by atoms with Crippen LogP contribution in [0.1, 0.15) is 11.4 Å². The van der Waals surface area contributed by atoms with Gasteiger partial charge in [-0.3, -0.25) is 4.98 Å². The summed E-state index contributed by atoms with van der Waals surface area (Å²) in [5.41, 5.74) is 1.80. The van der Waals surface area contributed by atoms with E-state index in [9.17, 15) is 0 Å². The van der Waals surface area contributed by atoms with E-state index in [0.29, 0.717) is 22.2 Å². The second-order valence-electron chi connectivity index (χ2n) is 3.50. The molecule has 2 aromatic heterocycles. The van der Waals surface area contributed by atoms with Crippen molar-refractivity contribution in [2.24, 2.45) is 0 Å². The smallest absolute Gasteiger partial charge is 0.156 e. The van der Waals surface area contributed by atoms with Crippen molar-refractivity contribution in [3.05, 3.63) is 41.1 Å². The average molecular weight is 261 g/mol. The molecule has 0 saturated carbocycles. The Morgan fingerprint density at radius 2 is 2.17 bits per heavy atom. The van der Waals surface area contributed by atoms with Crippen LogP contribution in [0.4, 0.5) is 0 Å². The Labute approximate surface area is 109 Å². The number of nitrogens with zero attached hydrogens (tertiary/aromatic N) is 4. The predicted molar refractivity (Wildman–Crippen MR) is 65.7 cm³/mol. The molecular formula is C12H9ClN4O. The molecule has 2 heterocycles. The maximum atomic E-state index is 8.83. The quantitative estimate of drug-likeness (QED) is 0.791. The number of halogens is 1. The number of ether oxygens (including phenoxy) is 1. The van der Waals surface area contributed by atoms with Gasteiger partial charge in [0.1, 0.15) is 17.8 Å². The van der Waals surface area contributed by atoms with Crippen LogP contribution < -0.4 is 0 Å². The largest absolute Gasteiger partial charge is 0.377 e. The summed E-state index contributed by atoms with van der Waals surface area (Å²) in [7, 11) is 1.56. The second kappa shape index (κ2) is 5.54. The molecule has 0 radical (unpaired) electrons. The normalized spacial score (nSPS) is 10.1. The minimum atomic E-state index is 0.277. The van der Waals surface area contributed by atoms with Crippen molar-refractivity contribution >= 4 is 11.6 Å². The van der Waals surface area contributed by atoms with Gasteiger partial charge in [0, 0.05) is 31.1 Å². The van der Waals surface area contributed by atoms with E-state index < -0.39 is 0 Å². The van der Waals surface area contributed by atoms with E-state index in [1.807, 2.05) is 6.07 Å². The van der Waals surface area contributed by atoms with E-state index in [1.165, 1.54) is 6.20 Å². The standard InChI is InChI=1S/C12H9ClN4O/c1-18-7-12-16-10(3-11(13)17-12)9-2-8(4-14)5-15-6-9/h2-3,5-6H,7H2,1H3. The summed E-state index contributed by atoms with van der Waals surface area (Å²) in [6, 6.07) is 5.35. The van der Waals surface area contributed by atoms with E-state index in [1.54, 1.807) is 25.4 Å². The molecule has 0 aliphatic carbocycles. The number of methoxy groups -OCH3 is 1. The molecule has 5 nitrogen and oxygen atoms in total. The first-order chi connectivity index (χ1) is 8.72. The zero-order chi connectivity index (χ0) is 13.0. The van der Waals surface area contributed by atoms with E-state index in [-0.39, 0.29) is 6.61 Å². The molecule has 0 aromatic carbocycles. The lowest BCUT2D eigenvalue weighted by Gasteiger charge is -2.04. The lowest BCUT2D eigenvalue weighted by Crippen LogP contribution is -1.99. The minimum Gasteiger partial charge on any atom is -0.377 e. The maximum Gasteiger partial charge on any atom is 0.156 e. The summed E-state index contributed by atoms with van der Waals surface area (Å²) < 4.78 is 4.97.